The van der Waals surface area contributed by atoms with Crippen LogP contribution in [0.15, 0.2) is 47.0 Å². The Bertz CT molecular complexity index is 1500. The number of aromatic amines is 1. The number of nitrogens with two attached hydrogens (primary N) is 1. The summed E-state index contributed by atoms with van der Waals surface area (Å²) in [6, 6.07) is 8.62. The summed E-state index contributed by atoms with van der Waals surface area (Å²) in [5.74, 6) is -0.601. The molecule has 0 unspecified atom stereocenters. The number of nitrogens with one attached hydrogen (secondary N) is 1. The Hall–Kier alpha value is -3.47. The lowest BCUT2D eigenvalue weighted by atomic mass is 9.99. The van der Waals surface area contributed by atoms with E-state index >= 15 is 0 Å². The number of carbonyl (C=O) groups excluding carboxylic acids is 1. The number of benzene rings is 1. The number of imidazole rings is 1. The first-order valence-corrected chi connectivity index (χ1v) is 16.0. The van der Waals surface area contributed by atoms with Crippen molar-refractivity contribution < 1.29 is 28.3 Å². The lowest BCUT2D eigenvalue weighted by molar-refractivity contribution is -0.148. The number of aliphatic hydroxyl groups is 1. The molecule has 0 amide bonds. The van der Waals surface area contributed by atoms with Gasteiger partial charge in [-0.25, -0.2) is 9.55 Å². The Morgan fingerprint density at radius 1 is 1.26 bits per heavy atom. The zero-order valence-corrected chi connectivity index (χ0v) is 25.2. The van der Waals surface area contributed by atoms with Crippen molar-refractivity contribution in [2.45, 2.75) is 52.9 Å². The van der Waals surface area contributed by atoms with Gasteiger partial charge in [-0.3, -0.25) is 23.7 Å². The quantitative estimate of drug-likeness (QED) is 0.156. The van der Waals surface area contributed by atoms with Gasteiger partial charge in [-0.15, -0.1) is 0 Å². The SMILES string of the molecule is CCCC(CCC)COC(=O)[C@H](C)C[P@](=O)(OC[C@@]1(CO)C/C1=C/n1cnc2c(=O)[nH]c(N)nc21)Oc1ccccc1. The van der Waals surface area contributed by atoms with Gasteiger partial charge in [-0.05, 0) is 42.9 Å². The predicted molar refractivity (Wildman–Crippen MR) is 160 cm³/mol. The van der Waals surface area contributed by atoms with E-state index in [2.05, 4.69) is 28.8 Å². The van der Waals surface area contributed by atoms with Gasteiger partial charge < -0.3 is 20.1 Å². The Kier molecular flexibility index (Phi) is 10.2. The molecule has 1 aromatic carbocycles. The Morgan fingerprint density at radius 3 is 2.64 bits per heavy atom. The first kappa shape index (κ1) is 31.5. The second kappa shape index (κ2) is 13.7. The number of hydrogen-bond donors (Lipinski definition) is 3. The second-order valence-electron chi connectivity index (χ2n) is 11.0. The minimum Gasteiger partial charge on any atom is -0.465 e. The minimum atomic E-state index is -3.88. The van der Waals surface area contributed by atoms with Crippen LogP contribution in [-0.4, -0.2) is 56.6 Å². The lowest BCUT2D eigenvalue weighted by Crippen LogP contribution is -2.24. The van der Waals surface area contributed by atoms with Crippen LogP contribution in [0.4, 0.5) is 5.95 Å². The number of rotatable bonds is 16. The van der Waals surface area contributed by atoms with Gasteiger partial charge in [-0.1, -0.05) is 51.8 Å². The van der Waals surface area contributed by atoms with Crippen LogP contribution in [0.5, 0.6) is 5.75 Å². The summed E-state index contributed by atoms with van der Waals surface area (Å²) in [5.41, 5.74) is 5.59. The van der Waals surface area contributed by atoms with Gasteiger partial charge in [0.25, 0.3) is 5.56 Å². The summed E-state index contributed by atoms with van der Waals surface area (Å²) < 4.78 is 33.1. The number of ether oxygens (including phenoxy) is 1. The third-order valence-electron chi connectivity index (χ3n) is 7.41. The van der Waals surface area contributed by atoms with E-state index in [-0.39, 0.29) is 36.5 Å². The number of hydrogen-bond acceptors (Lipinski definition) is 10. The molecule has 2 aromatic heterocycles. The average Bonchev–Trinajstić information content (AvgIpc) is 3.51. The molecule has 1 fully saturated rings. The molecule has 2 heterocycles. The van der Waals surface area contributed by atoms with E-state index in [4.69, 9.17) is 19.5 Å². The number of nitrogen functional groups attached to an aromatic ring is 1. The third kappa shape index (κ3) is 7.67. The first-order valence-electron chi connectivity index (χ1n) is 14.3. The molecule has 4 N–H and O–H groups in total. The molecule has 13 heteroatoms. The summed E-state index contributed by atoms with van der Waals surface area (Å²) in [4.78, 5) is 35.7. The van der Waals surface area contributed by atoms with Gasteiger partial charge in [0.15, 0.2) is 11.2 Å². The van der Waals surface area contributed by atoms with Gasteiger partial charge in [0.1, 0.15) is 12.1 Å². The van der Waals surface area contributed by atoms with Gasteiger partial charge in [0, 0.05) is 11.6 Å². The predicted octanol–water partition coefficient (Wildman–Crippen LogP) is 4.61. The van der Waals surface area contributed by atoms with Crippen LogP contribution in [-0.2, 0) is 18.6 Å². The normalized spacial score (nSPS) is 19.6. The highest BCUT2D eigenvalue weighted by molar-refractivity contribution is 7.54. The molecule has 4 rings (SSSR count). The molecule has 1 aliphatic carbocycles. The van der Waals surface area contributed by atoms with Crippen molar-refractivity contribution in [3.63, 3.8) is 0 Å². The summed E-state index contributed by atoms with van der Waals surface area (Å²) in [6.07, 6.45) is 7.36. The molecule has 1 aliphatic rings. The average molecular weight is 602 g/mol. The van der Waals surface area contributed by atoms with Crippen LogP contribution in [0.25, 0.3) is 17.4 Å². The number of esters is 1. The fourth-order valence-electron chi connectivity index (χ4n) is 4.92. The lowest BCUT2D eigenvalue weighted by Gasteiger charge is -2.24. The zero-order chi connectivity index (χ0) is 30.3. The molecule has 42 heavy (non-hydrogen) atoms. The Labute approximate surface area is 244 Å². The van der Waals surface area contributed by atoms with Crippen molar-refractivity contribution in [3.05, 3.63) is 52.6 Å². The Balaban J connectivity index is 1.48. The smallest absolute Gasteiger partial charge is 0.380 e. The highest BCUT2D eigenvalue weighted by atomic mass is 31.2. The molecule has 0 spiro atoms. The molecule has 3 atom stereocenters. The van der Waals surface area contributed by atoms with Gasteiger partial charge in [0.2, 0.25) is 5.95 Å². The number of aromatic nitrogens is 4. The fourth-order valence-corrected chi connectivity index (χ4v) is 6.85. The summed E-state index contributed by atoms with van der Waals surface area (Å²) in [7, 11) is -3.88. The maximum Gasteiger partial charge on any atom is 0.380 e. The van der Waals surface area contributed by atoms with Crippen molar-refractivity contribution >= 4 is 36.9 Å². The second-order valence-corrected chi connectivity index (χ2v) is 13.0. The van der Waals surface area contributed by atoms with Crippen molar-refractivity contribution in [1.29, 1.82) is 0 Å². The highest BCUT2D eigenvalue weighted by Crippen LogP contribution is 2.57. The molecular weight excluding hydrogens is 561 g/mol. The zero-order valence-electron chi connectivity index (χ0n) is 24.3. The molecule has 0 saturated heterocycles. The summed E-state index contributed by atoms with van der Waals surface area (Å²) >= 11 is 0. The van der Waals surface area contributed by atoms with Crippen LogP contribution >= 0.6 is 7.60 Å². The molecule has 0 aliphatic heterocycles. The summed E-state index contributed by atoms with van der Waals surface area (Å²) in [6.45, 7) is 5.79. The van der Waals surface area contributed by atoms with Crippen molar-refractivity contribution in [2.75, 3.05) is 31.7 Å². The maximum absolute atomic E-state index is 14.1. The monoisotopic (exact) mass is 601 g/mol. The number of H-pyrrole nitrogens is 1. The third-order valence-corrected chi connectivity index (χ3v) is 9.42. The van der Waals surface area contributed by atoms with Gasteiger partial charge in [0.05, 0.1) is 31.9 Å². The number of nitrogens with zero attached hydrogens (tertiary/aromatic N) is 3. The maximum atomic E-state index is 14.1. The first-order chi connectivity index (χ1) is 20.1. The van der Waals surface area contributed by atoms with Gasteiger partial charge in [-0.2, -0.15) is 4.98 Å². The molecule has 1 saturated carbocycles. The molecule has 12 nitrogen and oxygen atoms in total. The van der Waals surface area contributed by atoms with E-state index in [1.54, 1.807) is 48.0 Å². The fraction of sp³-hybridized carbons (Fsp3) is 0.517. The topological polar surface area (TPSA) is 172 Å². The van der Waals surface area contributed by atoms with E-state index in [0.29, 0.717) is 24.7 Å². The van der Waals surface area contributed by atoms with Crippen molar-refractivity contribution in [1.82, 2.24) is 19.5 Å². The van der Waals surface area contributed by atoms with Crippen LogP contribution in [0, 0.1) is 17.3 Å². The van der Waals surface area contributed by atoms with Crippen LogP contribution in [0.1, 0.15) is 52.9 Å². The van der Waals surface area contributed by atoms with E-state index in [1.165, 1.54) is 6.33 Å². The van der Waals surface area contributed by atoms with Crippen LogP contribution in [0.3, 0.4) is 0 Å². The molecule has 228 valence electrons. The number of carbonyl (C=O) groups is 1. The standard InChI is InChI=1S/C29H40N5O7P/c1-4-9-21(10-5-2)15-39-27(37)20(3)16-42(38,41-23-11-7-6-8-12-23)40-18-29(17-35)13-22(29)14-34-19-31-24-25(34)32-28(30)33-26(24)36/h6-8,11-12,14,19-21,35H,4-5,9-10,13,15-18H2,1-3H3,(H3,30,32,33,36)/b22-14-/t20-,29+,42+/m1/s1. The molecular formula is C29H40N5O7P. The molecule has 0 bridgehead atoms. The number of fused-ring (bicyclic) bond motifs is 1. The molecule has 3 aromatic rings. The minimum absolute atomic E-state index is 0.0434. The van der Waals surface area contributed by atoms with Crippen molar-refractivity contribution in [2.24, 2.45) is 17.3 Å². The van der Waals surface area contributed by atoms with Gasteiger partial charge >= 0.3 is 13.6 Å². The number of anilines is 1. The number of para-hydroxylation sites is 1. The highest BCUT2D eigenvalue weighted by Gasteiger charge is 2.51. The van der Waals surface area contributed by atoms with Crippen molar-refractivity contribution in [3.8, 4) is 5.75 Å². The molecule has 0 radical (unpaired) electrons. The van der Waals surface area contributed by atoms with Crippen LogP contribution < -0.4 is 15.8 Å². The van der Waals surface area contributed by atoms with E-state index in [0.717, 1.165) is 31.3 Å². The van der Waals surface area contributed by atoms with E-state index < -0.39 is 30.5 Å². The summed E-state index contributed by atoms with van der Waals surface area (Å²) in [5, 5.41) is 10.3. The Morgan fingerprint density at radius 2 is 1.98 bits per heavy atom. The van der Waals surface area contributed by atoms with Crippen LogP contribution in [0.2, 0.25) is 0 Å². The van der Waals surface area contributed by atoms with E-state index in [1.807, 2.05) is 0 Å². The number of aliphatic hydroxyl groups excluding tert-OH is 1. The van der Waals surface area contributed by atoms with E-state index in [9.17, 15) is 19.3 Å². The largest absolute Gasteiger partial charge is 0.465 e.